The van der Waals surface area contributed by atoms with Crippen LogP contribution < -0.4 is 10.6 Å². The van der Waals surface area contributed by atoms with E-state index in [1.807, 2.05) is 30.3 Å². The second kappa shape index (κ2) is 6.53. The maximum absolute atomic E-state index is 5.40. The van der Waals surface area contributed by atoms with Crippen molar-refractivity contribution in [3.8, 4) is 0 Å². The van der Waals surface area contributed by atoms with Crippen LogP contribution in [0.3, 0.4) is 0 Å². The molecule has 2 aromatic carbocycles. The van der Waals surface area contributed by atoms with E-state index in [1.54, 1.807) is 0 Å². The summed E-state index contributed by atoms with van der Waals surface area (Å²) in [4.78, 5) is 0. The molecule has 0 fully saturated rings. The minimum atomic E-state index is 0.455. The molecule has 0 saturated heterocycles. The third kappa shape index (κ3) is 3.58. The second-order valence-corrected chi connectivity index (χ2v) is 5.55. The highest BCUT2D eigenvalue weighted by molar-refractivity contribution is 7.80. The highest BCUT2D eigenvalue weighted by Gasteiger charge is 2.10. The van der Waals surface area contributed by atoms with E-state index in [0.29, 0.717) is 11.0 Å². The monoisotopic (exact) mass is 284 g/mol. The summed E-state index contributed by atoms with van der Waals surface area (Å²) in [6, 6.07) is 16.3. The van der Waals surface area contributed by atoms with E-state index in [1.165, 1.54) is 11.1 Å². The maximum atomic E-state index is 5.40. The lowest BCUT2D eigenvalue weighted by molar-refractivity contribution is 0.868. The summed E-state index contributed by atoms with van der Waals surface area (Å²) < 4.78 is 0. The van der Waals surface area contributed by atoms with Crippen LogP contribution in [-0.2, 0) is 0 Å². The Morgan fingerprint density at radius 3 is 2.30 bits per heavy atom. The summed E-state index contributed by atoms with van der Waals surface area (Å²) in [7, 11) is 0. The summed E-state index contributed by atoms with van der Waals surface area (Å²) >= 11 is 5.40. The fourth-order valence-corrected chi connectivity index (χ4v) is 2.36. The molecule has 2 rings (SSSR count). The van der Waals surface area contributed by atoms with Gasteiger partial charge in [0.25, 0.3) is 0 Å². The third-order valence-electron chi connectivity index (χ3n) is 3.20. The van der Waals surface area contributed by atoms with Crippen LogP contribution in [0.2, 0.25) is 0 Å². The van der Waals surface area contributed by atoms with Crippen molar-refractivity contribution in [3.63, 3.8) is 0 Å². The summed E-state index contributed by atoms with van der Waals surface area (Å²) in [5.41, 5.74) is 4.58. The van der Waals surface area contributed by atoms with Crippen LogP contribution in [-0.4, -0.2) is 5.11 Å². The highest BCUT2D eigenvalue weighted by atomic mass is 32.1. The van der Waals surface area contributed by atoms with Crippen molar-refractivity contribution in [1.82, 2.24) is 0 Å². The normalized spacial score (nSPS) is 10.4. The van der Waals surface area contributed by atoms with Gasteiger partial charge in [-0.05, 0) is 48.3 Å². The molecule has 2 N–H and O–H groups in total. The van der Waals surface area contributed by atoms with E-state index >= 15 is 0 Å². The SMILES string of the molecule is Cc1cccc(C(C)C)c1NC(=S)Nc1ccccc1. The van der Waals surface area contributed by atoms with Gasteiger partial charge in [-0.15, -0.1) is 0 Å². The Hall–Kier alpha value is -1.87. The van der Waals surface area contributed by atoms with Gasteiger partial charge in [0.1, 0.15) is 0 Å². The summed E-state index contributed by atoms with van der Waals surface area (Å²) in [6.07, 6.45) is 0. The Morgan fingerprint density at radius 1 is 0.950 bits per heavy atom. The fraction of sp³-hybridized carbons (Fsp3) is 0.235. The van der Waals surface area contributed by atoms with E-state index in [-0.39, 0.29) is 0 Å². The van der Waals surface area contributed by atoms with Gasteiger partial charge in [-0.2, -0.15) is 0 Å². The van der Waals surface area contributed by atoms with E-state index in [9.17, 15) is 0 Å². The first-order valence-corrected chi connectivity index (χ1v) is 7.21. The molecule has 0 heterocycles. The molecule has 20 heavy (non-hydrogen) atoms. The molecular formula is C17H20N2S. The molecule has 0 aliphatic rings. The van der Waals surface area contributed by atoms with Crippen molar-refractivity contribution in [3.05, 3.63) is 59.7 Å². The smallest absolute Gasteiger partial charge is 0.175 e. The molecule has 0 aliphatic heterocycles. The molecule has 0 amide bonds. The van der Waals surface area contributed by atoms with E-state index in [4.69, 9.17) is 12.2 Å². The number of thiocarbonyl (C=S) groups is 1. The summed E-state index contributed by atoms with van der Waals surface area (Å²) in [5.74, 6) is 0.455. The number of hydrogen-bond acceptors (Lipinski definition) is 1. The molecule has 0 atom stereocenters. The van der Waals surface area contributed by atoms with Crippen LogP contribution >= 0.6 is 12.2 Å². The third-order valence-corrected chi connectivity index (χ3v) is 3.40. The molecule has 0 radical (unpaired) electrons. The van der Waals surface area contributed by atoms with Gasteiger partial charge in [0.05, 0.1) is 0 Å². The van der Waals surface area contributed by atoms with Crippen molar-refractivity contribution < 1.29 is 0 Å². The Labute approximate surface area is 126 Å². The molecule has 2 aromatic rings. The van der Waals surface area contributed by atoms with Crippen molar-refractivity contribution in [2.75, 3.05) is 10.6 Å². The first kappa shape index (κ1) is 14.5. The maximum Gasteiger partial charge on any atom is 0.175 e. The van der Waals surface area contributed by atoms with Gasteiger partial charge in [-0.3, -0.25) is 0 Å². The van der Waals surface area contributed by atoms with Crippen LogP contribution in [0.4, 0.5) is 11.4 Å². The number of aryl methyl sites for hydroxylation is 1. The average Bonchev–Trinajstić information content (AvgIpc) is 2.42. The van der Waals surface area contributed by atoms with Gasteiger partial charge in [-0.1, -0.05) is 50.2 Å². The molecule has 0 aromatic heterocycles. The van der Waals surface area contributed by atoms with Crippen LogP contribution in [0, 0.1) is 6.92 Å². The van der Waals surface area contributed by atoms with E-state index in [0.717, 1.165) is 11.4 Å². The lowest BCUT2D eigenvalue weighted by Gasteiger charge is -2.18. The summed E-state index contributed by atoms with van der Waals surface area (Å²) in [6.45, 7) is 6.47. The van der Waals surface area contributed by atoms with Gasteiger partial charge >= 0.3 is 0 Å². The van der Waals surface area contributed by atoms with Gasteiger partial charge in [0.15, 0.2) is 5.11 Å². The minimum absolute atomic E-state index is 0.455. The standard InChI is InChI=1S/C17H20N2S/c1-12(2)15-11-7-8-13(3)16(15)19-17(20)18-14-9-5-4-6-10-14/h4-12H,1-3H3,(H2,18,19,20). The number of benzene rings is 2. The average molecular weight is 284 g/mol. The Balaban J connectivity index is 2.16. The van der Waals surface area contributed by atoms with Crippen molar-refractivity contribution in [2.45, 2.75) is 26.7 Å². The first-order valence-electron chi connectivity index (χ1n) is 6.80. The fourth-order valence-electron chi connectivity index (χ4n) is 2.14. The quantitative estimate of drug-likeness (QED) is 0.782. The Morgan fingerprint density at radius 2 is 1.65 bits per heavy atom. The zero-order valence-corrected chi connectivity index (χ0v) is 12.9. The summed E-state index contributed by atoms with van der Waals surface area (Å²) in [5, 5.41) is 7.15. The molecule has 2 nitrogen and oxygen atoms in total. The first-order chi connectivity index (χ1) is 9.58. The molecule has 0 bridgehead atoms. The molecule has 0 saturated carbocycles. The van der Waals surface area contributed by atoms with Crippen molar-refractivity contribution in [1.29, 1.82) is 0 Å². The minimum Gasteiger partial charge on any atom is -0.332 e. The zero-order valence-electron chi connectivity index (χ0n) is 12.1. The Kier molecular flexibility index (Phi) is 4.74. The molecule has 104 valence electrons. The lowest BCUT2D eigenvalue weighted by Crippen LogP contribution is -2.20. The number of anilines is 2. The molecular weight excluding hydrogens is 264 g/mol. The van der Waals surface area contributed by atoms with Gasteiger partial charge in [0, 0.05) is 11.4 Å². The highest BCUT2D eigenvalue weighted by Crippen LogP contribution is 2.27. The Bertz CT molecular complexity index is 591. The van der Waals surface area contributed by atoms with Gasteiger partial charge < -0.3 is 10.6 Å². The predicted molar refractivity (Wildman–Crippen MR) is 91.6 cm³/mol. The van der Waals surface area contributed by atoms with Crippen LogP contribution in [0.1, 0.15) is 30.9 Å². The van der Waals surface area contributed by atoms with E-state index < -0.39 is 0 Å². The van der Waals surface area contributed by atoms with Crippen molar-refractivity contribution >= 4 is 28.7 Å². The van der Waals surface area contributed by atoms with E-state index in [2.05, 4.69) is 49.6 Å². The number of nitrogens with one attached hydrogen (secondary N) is 2. The molecule has 0 aliphatic carbocycles. The van der Waals surface area contributed by atoms with Gasteiger partial charge in [0.2, 0.25) is 0 Å². The van der Waals surface area contributed by atoms with Crippen molar-refractivity contribution in [2.24, 2.45) is 0 Å². The molecule has 3 heteroatoms. The lowest BCUT2D eigenvalue weighted by atomic mass is 9.98. The largest absolute Gasteiger partial charge is 0.332 e. The van der Waals surface area contributed by atoms with Crippen LogP contribution in [0.5, 0.6) is 0 Å². The second-order valence-electron chi connectivity index (χ2n) is 5.14. The number of para-hydroxylation sites is 2. The van der Waals surface area contributed by atoms with Crippen LogP contribution in [0.25, 0.3) is 0 Å². The topological polar surface area (TPSA) is 24.1 Å². The predicted octanol–water partition coefficient (Wildman–Crippen LogP) is 4.93. The number of hydrogen-bond donors (Lipinski definition) is 2. The number of rotatable bonds is 3. The zero-order chi connectivity index (χ0) is 14.5. The molecule has 0 spiro atoms. The molecule has 0 unspecified atom stereocenters. The van der Waals surface area contributed by atoms with Gasteiger partial charge in [-0.25, -0.2) is 0 Å². The van der Waals surface area contributed by atoms with Crippen LogP contribution in [0.15, 0.2) is 48.5 Å².